The molecule has 1 fully saturated rings. The van der Waals surface area contributed by atoms with Gasteiger partial charge in [-0.3, -0.25) is 14.6 Å². The number of hydrazine groups is 1. The highest BCUT2D eigenvalue weighted by molar-refractivity contribution is 6.67. The molecule has 0 aliphatic carbocycles. The largest absolute Gasteiger partial charge is 0.460 e. The average molecular weight is 463 g/mol. The standard InChI is InChI=1S/C15H24Cl3N3O5.C2H6/c1-9(19-13(24)26-14(2,3)4)11(22)21-7-5-6-10(20-21)12(23)25-8-15(16,17)18;1-2/h9-10,20H,5-8H2,1-4H3,(H,19,24);1-2H3. The number of halogens is 3. The molecule has 2 amide bonds. The summed E-state index contributed by atoms with van der Waals surface area (Å²) >= 11 is 16.6. The second kappa shape index (κ2) is 11.9. The quantitative estimate of drug-likeness (QED) is 0.491. The summed E-state index contributed by atoms with van der Waals surface area (Å²) in [5, 5.41) is 3.73. The molecule has 0 aromatic carbocycles. The van der Waals surface area contributed by atoms with Crippen molar-refractivity contribution >= 4 is 52.8 Å². The number of amides is 2. The van der Waals surface area contributed by atoms with E-state index in [9.17, 15) is 14.4 Å². The third-order valence-electron chi connectivity index (χ3n) is 3.22. The number of nitrogens with one attached hydrogen (secondary N) is 2. The lowest BCUT2D eigenvalue weighted by molar-refractivity contribution is -0.152. The van der Waals surface area contributed by atoms with Gasteiger partial charge in [0, 0.05) is 6.54 Å². The fourth-order valence-corrected chi connectivity index (χ4v) is 2.31. The van der Waals surface area contributed by atoms with Crippen LogP contribution in [0.4, 0.5) is 4.79 Å². The Morgan fingerprint density at radius 1 is 1.21 bits per heavy atom. The van der Waals surface area contributed by atoms with Crippen molar-refractivity contribution in [3.05, 3.63) is 0 Å². The molecule has 0 radical (unpaired) electrons. The molecule has 28 heavy (non-hydrogen) atoms. The van der Waals surface area contributed by atoms with Gasteiger partial charge in [0.15, 0.2) is 0 Å². The summed E-state index contributed by atoms with van der Waals surface area (Å²) in [7, 11) is 0. The third kappa shape index (κ3) is 11.1. The molecule has 11 heteroatoms. The van der Waals surface area contributed by atoms with Crippen molar-refractivity contribution in [3.63, 3.8) is 0 Å². The lowest BCUT2D eigenvalue weighted by atomic mass is 10.1. The van der Waals surface area contributed by atoms with E-state index >= 15 is 0 Å². The summed E-state index contributed by atoms with van der Waals surface area (Å²) in [5.74, 6) is -1.03. The Kier molecular flexibility index (Phi) is 11.5. The Balaban J connectivity index is 0.00000352. The Labute approximate surface area is 181 Å². The van der Waals surface area contributed by atoms with Crippen LogP contribution in [0.2, 0.25) is 0 Å². The van der Waals surface area contributed by atoms with Crippen molar-refractivity contribution in [2.75, 3.05) is 13.2 Å². The highest BCUT2D eigenvalue weighted by Crippen LogP contribution is 2.26. The van der Waals surface area contributed by atoms with E-state index in [0.717, 1.165) is 0 Å². The molecular formula is C17H30Cl3N3O5. The first kappa shape index (κ1) is 27.0. The molecule has 164 valence electrons. The predicted octanol–water partition coefficient (Wildman–Crippen LogP) is 3.33. The minimum atomic E-state index is -1.70. The van der Waals surface area contributed by atoms with Gasteiger partial charge in [0.25, 0.3) is 5.91 Å². The summed E-state index contributed by atoms with van der Waals surface area (Å²) in [5.41, 5.74) is 2.11. The van der Waals surface area contributed by atoms with Crippen molar-refractivity contribution in [1.82, 2.24) is 15.8 Å². The number of nitrogens with zero attached hydrogens (tertiary/aromatic N) is 1. The van der Waals surface area contributed by atoms with Gasteiger partial charge >= 0.3 is 12.1 Å². The van der Waals surface area contributed by atoms with Gasteiger partial charge in [-0.15, -0.1) is 0 Å². The molecule has 0 aromatic heterocycles. The van der Waals surface area contributed by atoms with E-state index < -0.39 is 39.4 Å². The van der Waals surface area contributed by atoms with Crippen molar-refractivity contribution in [2.45, 2.75) is 75.9 Å². The van der Waals surface area contributed by atoms with E-state index in [2.05, 4.69) is 10.7 Å². The number of alkyl carbamates (subject to hydrolysis) is 1. The Morgan fingerprint density at radius 3 is 2.29 bits per heavy atom. The fourth-order valence-electron chi connectivity index (χ4n) is 2.15. The zero-order valence-corrected chi connectivity index (χ0v) is 19.4. The molecule has 1 rings (SSSR count). The summed E-state index contributed by atoms with van der Waals surface area (Å²) < 4.78 is 8.34. The minimum absolute atomic E-state index is 0.382. The van der Waals surface area contributed by atoms with Crippen molar-refractivity contribution in [2.24, 2.45) is 0 Å². The van der Waals surface area contributed by atoms with Crippen LogP contribution in [0.25, 0.3) is 0 Å². The van der Waals surface area contributed by atoms with Crippen LogP contribution >= 0.6 is 34.8 Å². The number of carbonyl (C=O) groups is 3. The molecule has 8 nitrogen and oxygen atoms in total. The molecular weight excluding hydrogens is 433 g/mol. The average Bonchev–Trinajstić information content (AvgIpc) is 2.58. The Hall–Kier alpha value is -0.960. The third-order valence-corrected chi connectivity index (χ3v) is 3.55. The van der Waals surface area contributed by atoms with Gasteiger partial charge in [0.1, 0.15) is 24.3 Å². The van der Waals surface area contributed by atoms with Gasteiger partial charge in [-0.2, -0.15) is 0 Å². The van der Waals surface area contributed by atoms with Gasteiger partial charge < -0.3 is 14.8 Å². The predicted molar refractivity (Wildman–Crippen MR) is 109 cm³/mol. The van der Waals surface area contributed by atoms with Crippen LogP contribution in [0.1, 0.15) is 54.4 Å². The van der Waals surface area contributed by atoms with Gasteiger partial charge in [-0.25, -0.2) is 10.2 Å². The SMILES string of the molecule is CC.CC(NC(=O)OC(C)(C)C)C(=O)N1CCCC(C(=O)OCC(Cl)(Cl)Cl)N1. The van der Waals surface area contributed by atoms with Crippen LogP contribution in [0.15, 0.2) is 0 Å². The number of esters is 1. The summed E-state index contributed by atoms with van der Waals surface area (Å²) in [6, 6.07) is -1.58. The molecule has 0 saturated carbocycles. The molecule has 2 N–H and O–H groups in total. The maximum absolute atomic E-state index is 12.5. The highest BCUT2D eigenvalue weighted by Gasteiger charge is 2.33. The Bertz CT molecular complexity index is 535. The molecule has 0 aromatic rings. The lowest BCUT2D eigenvalue weighted by Gasteiger charge is -2.34. The van der Waals surface area contributed by atoms with E-state index in [1.807, 2.05) is 13.8 Å². The summed E-state index contributed by atoms with van der Waals surface area (Å²) in [4.78, 5) is 36.3. The molecule has 1 aliphatic rings. The smallest absolute Gasteiger partial charge is 0.408 e. The number of hydrogen-bond acceptors (Lipinski definition) is 6. The Morgan fingerprint density at radius 2 is 1.79 bits per heavy atom. The number of hydrogen-bond donors (Lipinski definition) is 2. The van der Waals surface area contributed by atoms with E-state index in [0.29, 0.717) is 19.4 Å². The van der Waals surface area contributed by atoms with Gasteiger partial charge in [-0.05, 0) is 40.5 Å². The van der Waals surface area contributed by atoms with Crippen LogP contribution in [0.3, 0.4) is 0 Å². The van der Waals surface area contributed by atoms with Crippen LogP contribution in [0.5, 0.6) is 0 Å². The first-order chi connectivity index (χ1) is 12.8. The number of ether oxygens (including phenoxy) is 2. The molecule has 2 unspecified atom stereocenters. The zero-order valence-electron chi connectivity index (χ0n) is 17.1. The molecule has 1 aliphatic heterocycles. The van der Waals surface area contributed by atoms with Crippen molar-refractivity contribution < 1.29 is 23.9 Å². The normalized spacial score (nSPS) is 18.3. The van der Waals surface area contributed by atoms with E-state index in [4.69, 9.17) is 44.3 Å². The summed E-state index contributed by atoms with van der Waals surface area (Å²) in [6.45, 7) is 10.7. The lowest BCUT2D eigenvalue weighted by Crippen LogP contribution is -2.59. The van der Waals surface area contributed by atoms with E-state index in [1.54, 1.807) is 20.8 Å². The first-order valence-corrected chi connectivity index (χ1v) is 10.2. The topological polar surface area (TPSA) is 97.0 Å². The minimum Gasteiger partial charge on any atom is -0.460 e. The van der Waals surface area contributed by atoms with Gasteiger partial charge in [0.2, 0.25) is 3.79 Å². The first-order valence-electron chi connectivity index (χ1n) is 9.09. The second-order valence-electron chi connectivity index (χ2n) is 6.90. The maximum atomic E-state index is 12.5. The fraction of sp³-hybridized carbons (Fsp3) is 0.824. The monoisotopic (exact) mass is 461 g/mol. The molecule has 2 atom stereocenters. The van der Waals surface area contributed by atoms with E-state index in [-0.39, 0.29) is 6.61 Å². The molecule has 0 spiro atoms. The van der Waals surface area contributed by atoms with Crippen LogP contribution in [-0.2, 0) is 19.1 Å². The van der Waals surface area contributed by atoms with Crippen molar-refractivity contribution in [3.8, 4) is 0 Å². The van der Waals surface area contributed by atoms with Crippen molar-refractivity contribution in [1.29, 1.82) is 0 Å². The number of rotatable bonds is 4. The van der Waals surface area contributed by atoms with Gasteiger partial charge in [-0.1, -0.05) is 48.7 Å². The van der Waals surface area contributed by atoms with Crippen LogP contribution in [-0.4, -0.2) is 57.6 Å². The van der Waals surface area contributed by atoms with E-state index in [1.165, 1.54) is 11.9 Å². The molecule has 0 bridgehead atoms. The van der Waals surface area contributed by atoms with Gasteiger partial charge in [0.05, 0.1) is 0 Å². The zero-order chi connectivity index (χ0) is 22.1. The second-order valence-corrected chi connectivity index (χ2v) is 9.42. The maximum Gasteiger partial charge on any atom is 0.408 e. The number of carbonyl (C=O) groups excluding carboxylic acids is 3. The molecule has 1 heterocycles. The number of alkyl halides is 3. The summed E-state index contributed by atoms with van der Waals surface area (Å²) in [6.07, 6.45) is 0.343. The van der Waals surface area contributed by atoms with Crippen LogP contribution in [0, 0.1) is 0 Å². The van der Waals surface area contributed by atoms with Crippen LogP contribution < -0.4 is 10.7 Å². The molecule has 1 saturated heterocycles. The highest BCUT2D eigenvalue weighted by atomic mass is 35.6.